The molecule has 1 N–H and O–H groups in total. The highest BCUT2D eigenvalue weighted by Crippen LogP contribution is 2.34. The van der Waals surface area contributed by atoms with E-state index in [-0.39, 0.29) is 5.56 Å². The van der Waals surface area contributed by atoms with Gasteiger partial charge in [0.25, 0.3) is 5.56 Å². The van der Waals surface area contributed by atoms with Crippen molar-refractivity contribution in [3.8, 4) is 0 Å². The molecule has 0 unspecified atom stereocenters. The molecule has 0 aromatic carbocycles. The summed E-state index contributed by atoms with van der Waals surface area (Å²) in [5, 5.41) is 8.31. The Morgan fingerprint density at radius 3 is 3.04 bits per heavy atom. The average Bonchev–Trinajstić information content (AvgIpc) is 3.25. The van der Waals surface area contributed by atoms with Crippen LogP contribution in [0.25, 0.3) is 10.2 Å². The number of rotatable bonds is 6. The van der Waals surface area contributed by atoms with Gasteiger partial charge in [0.05, 0.1) is 11.9 Å². The van der Waals surface area contributed by atoms with Gasteiger partial charge in [-0.15, -0.1) is 17.9 Å². The molecule has 0 amide bonds. The van der Waals surface area contributed by atoms with E-state index < -0.39 is 0 Å². The summed E-state index contributed by atoms with van der Waals surface area (Å²) in [6.07, 6.45) is 9.84. The number of allylic oxidation sites excluding steroid dienone is 1. The number of fused-ring (bicyclic) bond motifs is 3. The highest BCUT2D eigenvalue weighted by atomic mass is 32.1. The first-order valence-electron chi connectivity index (χ1n) is 8.65. The fourth-order valence-electron chi connectivity index (χ4n) is 3.39. The van der Waals surface area contributed by atoms with Gasteiger partial charge in [0.2, 0.25) is 5.95 Å². The van der Waals surface area contributed by atoms with E-state index in [0.29, 0.717) is 19.0 Å². The standard InChI is InChI=1S/C18H21N5OS/c1-2-10-23-17(24)15-13-6-3-4-7-14(13)25-16(15)21-18(23)19-9-12-22-11-5-8-20-22/h2,5,8,11H,1,3-4,6-7,9-10,12H2,(H,19,21). The quantitative estimate of drug-likeness (QED) is 0.691. The summed E-state index contributed by atoms with van der Waals surface area (Å²) in [7, 11) is 0. The number of aromatic nitrogens is 4. The van der Waals surface area contributed by atoms with Crippen molar-refractivity contribution in [2.45, 2.75) is 38.8 Å². The Labute approximate surface area is 149 Å². The van der Waals surface area contributed by atoms with Crippen molar-refractivity contribution in [1.82, 2.24) is 19.3 Å². The molecule has 0 saturated carbocycles. The van der Waals surface area contributed by atoms with Gasteiger partial charge in [0.1, 0.15) is 4.83 Å². The molecule has 3 aromatic rings. The molecule has 6 nitrogen and oxygen atoms in total. The highest BCUT2D eigenvalue weighted by Gasteiger charge is 2.21. The van der Waals surface area contributed by atoms with Crippen molar-refractivity contribution in [2.24, 2.45) is 0 Å². The Balaban J connectivity index is 1.70. The summed E-state index contributed by atoms with van der Waals surface area (Å²) in [6.45, 7) is 5.62. The molecule has 0 radical (unpaired) electrons. The van der Waals surface area contributed by atoms with E-state index in [2.05, 4.69) is 17.0 Å². The third-order valence-electron chi connectivity index (χ3n) is 4.57. The van der Waals surface area contributed by atoms with E-state index in [1.165, 1.54) is 16.9 Å². The van der Waals surface area contributed by atoms with Crippen molar-refractivity contribution in [2.75, 3.05) is 11.9 Å². The smallest absolute Gasteiger partial charge is 0.264 e. The van der Waals surface area contributed by atoms with Gasteiger partial charge in [0, 0.05) is 30.4 Å². The van der Waals surface area contributed by atoms with Crippen molar-refractivity contribution >= 4 is 27.5 Å². The predicted molar refractivity (Wildman–Crippen MR) is 101 cm³/mol. The Hall–Kier alpha value is -2.41. The SMILES string of the molecule is C=CCn1c(NCCn2cccn2)nc2sc3c(c2c1=O)CCCC3. The van der Waals surface area contributed by atoms with Gasteiger partial charge < -0.3 is 5.32 Å². The third kappa shape index (κ3) is 3.00. The Morgan fingerprint density at radius 2 is 2.24 bits per heavy atom. The van der Waals surface area contributed by atoms with Gasteiger partial charge in [0.15, 0.2) is 0 Å². The minimum Gasteiger partial charge on any atom is -0.354 e. The normalized spacial score (nSPS) is 13.8. The van der Waals surface area contributed by atoms with Gasteiger partial charge >= 0.3 is 0 Å². The summed E-state index contributed by atoms with van der Waals surface area (Å²) in [5.41, 5.74) is 1.27. The van der Waals surface area contributed by atoms with Crippen molar-refractivity contribution in [3.05, 3.63) is 51.9 Å². The monoisotopic (exact) mass is 355 g/mol. The molecule has 25 heavy (non-hydrogen) atoms. The first-order valence-corrected chi connectivity index (χ1v) is 9.47. The molecule has 0 fully saturated rings. The number of anilines is 1. The fraction of sp³-hybridized carbons (Fsp3) is 0.389. The van der Waals surface area contributed by atoms with Crippen LogP contribution in [0.1, 0.15) is 23.3 Å². The summed E-state index contributed by atoms with van der Waals surface area (Å²) in [4.78, 5) is 20.1. The molecule has 0 bridgehead atoms. The van der Waals surface area contributed by atoms with Crippen LogP contribution in [0.4, 0.5) is 5.95 Å². The number of nitrogens with one attached hydrogen (secondary N) is 1. The summed E-state index contributed by atoms with van der Waals surface area (Å²) in [5.74, 6) is 0.614. The molecule has 3 aromatic heterocycles. The lowest BCUT2D eigenvalue weighted by molar-refractivity contribution is 0.631. The minimum absolute atomic E-state index is 0.0471. The number of aryl methyl sites for hydroxylation is 2. The predicted octanol–water partition coefficient (Wildman–Crippen LogP) is 2.83. The molecule has 1 aliphatic rings. The molecule has 0 atom stereocenters. The van der Waals surface area contributed by atoms with Crippen LogP contribution in [-0.2, 0) is 25.9 Å². The molecular formula is C18H21N5OS. The average molecular weight is 355 g/mol. The van der Waals surface area contributed by atoms with Gasteiger partial charge in [-0.05, 0) is 37.3 Å². The second kappa shape index (κ2) is 6.84. The van der Waals surface area contributed by atoms with E-state index in [1.54, 1.807) is 28.2 Å². The maximum Gasteiger partial charge on any atom is 0.264 e. The van der Waals surface area contributed by atoms with Crippen LogP contribution in [0, 0.1) is 0 Å². The van der Waals surface area contributed by atoms with Crippen LogP contribution in [0.2, 0.25) is 0 Å². The zero-order valence-corrected chi connectivity index (χ0v) is 14.9. The third-order valence-corrected chi connectivity index (χ3v) is 5.76. The van der Waals surface area contributed by atoms with Gasteiger partial charge in [-0.25, -0.2) is 4.98 Å². The first-order chi connectivity index (χ1) is 12.3. The van der Waals surface area contributed by atoms with Crippen LogP contribution >= 0.6 is 11.3 Å². The van der Waals surface area contributed by atoms with Crippen LogP contribution in [0.15, 0.2) is 35.9 Å². The van der Waals surface area contributed by atoms with E-state index in [1.807, 2.05) is 16.9 Å². The van der Waals surface area contributed by atoms with E-state index in [4.69, 9.17) is 4.98 Å². The minimum atomic E-state index is 0.0471. The second-order valence-electron chi connectivity index (χ2n) is 6.23. The molecule has 7 heteroatoms. The Morgan fingerprint density at radius 1 is 1.36 bits per heavy atom. The number of nitrogens with zero attached hydrogens (tertiary/aromatic N) is 4. The van der Waals surface area contributed by atoms with Crippen LogP contribution in [-0.4, -0.2) is 25.9 Å². The highest BCUT2D eigenvalue weighted by molar-refractivity contribution is 7.18. The van der Waals surface area contributed by atoms with Crippen molar-refractivity contribution in [3.63, 3.8) is 0 Å². The van der Waals surface area contributed by atoms with E-state index >= 15 is 0 Å². The topological polar surface area (TPSA) is 64.7 Å². The molecule has 4 rings (SSSR count). The van der Waals surface area contributed by atoms with Crippen LogP contribution in [0.5, 0.6) is 0 Å². The lowest BCUT2D eigenvalue weighted by atomic mass is 9.97. The Kier molecular flexibility index (Phi) is 4.40. The number of hydrogen-bond donors (Lipinski definition) is 1. The zero-order valence-electron chi connectivity index (χ0n) is 14.1. The van der Waals surface area contributed by atoms with Crippen LogP contribution < -0.4 is 10.9 Å². The van der Waals surface area contributed by atoms with Crippen LogP contribution in [0.3, 0.4) is 0 Å². The first kappa shape index (κ1) is 16.1. The molecule has 0 spiro atoms. The molecule has 130 valence electrons. The maximum absolute atomic E-state index is 13.1. The number of thiophene rings is 1. The van der Waals surface area contributed by atoms with E-state index in [0.717, 1.165) is 36.0 Å². The summed E-state index contributed by atoms with van der Waals surface area (Å²) >= 11 is 1.68. The van der Waals surface area contributed by atoms with Gasteiger partial charge in [-0.3, -0.25) is 14.0 Å². The molecule has 0 saturated heterocycles. The lowest BCUT2D eigenvalue weighted by Gasteiger charge is -2.13. The largest absolute Gasteiger partial charge is 0.354 e. The maximum atomic E-state index is 13.1. The molecule has 0 aliphatic heterocycles. The summed E-state index contributed by atoms with van der Waals surface area (Å²) in [6, 6.07) is 1.90. The van der Waals surface area contributed by atoms with Gasteiger partial charge in [-0.1, -0.05) is 6.08 Å². The molecular weight excluding hydrogens is 334 g/mol. The van der Waals surface area contributed by atoms with Crippen molar-refractivity contribution < 1.29 is 0 Å². The number of hydrogen-bond acceptors (Lipinski definition) is 5. The zero-order chi connectivity index (χ0) is 17.2. The lowest BCUT2D eigenvalue weighted by Crippen LogP contribution is -2.26. The van der Waals surface area contributed by atoms with Gasteiger partial charge in [-0.2, -0.15) is 5.10 Å². The fourth-order valence-corrected chi connectivity index (χ4v) is 4.64. The molecule has 3 heterocycles. The van der Waals surface area contributed by atoms with Crippen molar-refractivity contribution in [1.29, 1.82) is 0 Å². The second-order valence-corrected chi connectivity index (χ2v) is 7.31. The molecule has 1 aliphatic carbocycles. The Bertz CT molecular complexity index is 954. The van der Waals surface area contributed by atoms with E-state index in [9.17, 15) is 4.79 Å². The summed E-state index contributed by atoms with van der Waals surface area (Å²) < 4.78 is 3.55.